The van der Waals surface area contributed by atoms with Gasteiger partial charge in [0, 0.05) is 36.8 Å². The van der Waals surface area contributed by atoms with Crippen LogP contribution >= 0.6 is 11.8 Å². The van der Waals surface area contributed by atoms with Gasteiger partial charge in [-0.3, -0.25) is 4.68 Å². The van der Waals surface area contributed by atoms with Crippen LogP contribution in [0.25, 0.3) is 0 Å². The second kappa shape index (κ2) is 7.02. The summed E-state index contributed by atoms with van der Waals surface area (Å²) in [5, 5.41) is 10.1. The normalized spacial score (nSPS) is 23.5. The van der Waals surface area contributed by atoms with Crippen molar-refractivity contribution in [1.82, 2.24) is 20.4 Å². The molecule has 0 aliphatic carbocycles. The molecule has 0 bridgehead atoms. The van der Waals surface area contributed by atoms with Crippen molar-refractivity contribution in [3.05, 3.63) is 18.5 Å². The lowest BCUT2D eigenvalue weighted by Crippen LogP contribution is -2.43. The Hall–Kier alpha value is -1.17. The minimum Gasteiger partial charge on any atom is -0.338 e. The van der Waals surface area contributed by atoms with Gasteiger partial charge >= 0.3 is 6.03 Å². The fourth-order valence-corrected chi connectivity index (χ4v) is 3.61. The Morgan fingerprint density at radius 2 is 2.40 bits per heavy atom. The van der Waals surface area contributed by atoms with Crippen LogP contribution < -0.4 is 10.6 Å². The largest absolute Gasteiger partial charge is 0.338 e. The summed E-state index contributed by atoms with van der Waals surface area (Å²) in [6.07, 6.45) is 6.15. The molecule has 2 atom stereocenters. The predicted molar refractivity (Wildman–Crippen MR) is 82.9 cm³/mol. The van der Waals surface area contributed by atoms with E-state index in [2.05, 4.69) is 29.6 Å². The lowest BCUT2D eigenvalue weighted by Gasteiger charge is -2.23. The monoisotopic (exact) mass is 296 g/mol. The SMILES string of the molecule is C[C@H](CNC(=O)NC[C@@]1(C)CCCS1)Cn1cccn1. The van der Waals surface area contributed by atoms with Crippen molar-refractivity contribution in [2.75, 3.05) is 18.8 Å². The van der Waals surface area contributed by atoms with E-state index < -0.39 is 0 Å². The van der Waals surface area contributed by atoms with Gasteiger partial charge in [0.05, 0.1) is 0 Å². The lowest BCUT2D eigenvalue weighted by atomic mass is 10.1. The van der Waals surface area contributed by atoms with E-state index >= 15 is 0 Å². The van der Waals surface area contributed by atoms with Crippen LogP contribution in [0.1, 0.15) is 26.7 Å². The predicted octanol–water partition coefficient (Wildman–Crippen LogP) is 2.10. The number of thioether (sulfide) groups is 1. The minimum atomic E-state index is -0.0639. The molecule has 5 nitrogen and oxygen atoms in total. The first-order chi connectivity index (χ1) is 9.57. The highest BCUT2D eigenvalue weighted by Crippen LogP contribution is 2.36. The Bertz CT molecular complexity index is 415. The van der Waals surface area contributed by atoms with Crippen molar-refractivity contribution in [1.29, 1.82) is 0 Å². The smallest absolute Gasteiger partial charge is 0.314 e. The van der Waals surface area contributed by atoms with Crippen LogP contribution in [0.5, 0.6) is 0 Å². The molecular formula is C14H24N4OS. The van der Waals surface area contributed by atoms with E-state index in [9.17, 15) is 4.79 Å². The molecule has 2 rings (SSSR count). The van der Waals surface area contributed by atoms with E-state index in [4.69, 9.17) is 0 Å². The van der Waals surface area contributed by atoms with Gasteiger partial charge in [-0.05, 0) is 37.5 Å². The third kappa shape index (κ3) is 4.74. The van der Waals surface area contributed by atoms with E-state index in [0.717, 1.165) is 13.1 Å². The number of nitrogens with one attached hydrogen (secondary N) is 2. The molecular weight excluding hydrogens is 272 g/mol. The number of carbonyl (C=O) groups is 1. The molecule has 0 aromatic carbocycles. The lowest BCUT2D eigenvalue weighted by molar-refractivity contribution is 0.237. The van der Waals surface area contributed by atoms with E-state index in [1.807, 2.05) is 28.7 Å². The van der Waals surface area contributed by atoms with Gasteiger partial charge in [-0.25, -0.2) is 4.79 Å². The maximum atomic E-state index is 11.8. The van der Waals surface area contributed by atoms with Gasteiger partial charge in [0.2, 0.25) is 0 Å². The maximum Gasteiger partial charge on any atom is 0.314 e. The highest BCUT2D eigenvalue weighted by atomic mass is 32.2. The van der Waals surface area contributed by atoms with Crippen molar-refractivity contribution in [2.24, 2.45) is 5.92 Å². The molecule has 2 N–H and O–H groups in total. The molecule has 1 aliphatic heterocycles. The van der Waals surface area contributed by atoms with Crippen LogP contribution in [-0.4, -0.2) is 39.4 Å². The van der Waals surface area contributed by atoms with Crippen molar-refractivity contribution in [3.63, 3.8) is 0 Å². The molecule has 0 saturated carbocycles. The average Bonchev–Trinajstić information content (AvgIpc) is 3.06. The second-order valence-corrected chi connectivity index (χ2v) is 7.48. The maximum absolute atomic E-state index is 11.8. The number of carbonyl (C=O) groups excluding carboxylic acids is 1. The Labute approximate surface area is 124 Å². The Morgan fingerprint density at radius 1 is 1.55 bits per heavy atom. The summed E-state index contributed by atoms with van der Waals surface area (Å²) in [7, 11) is 0. The topological polar surface area (TPSA) is 59.0 Å². The van der Waals surface area contributed by atoms with Gasteiger partial charge in [0.25, 0.3) is 0 Å². The van der Waals surface area contributed by atoms with E-state index in [1.54, 1.807) is 6.20 Å². The molecule has 0 unspecified atom stereocenters. The first-order valence-corrected chi connectivity index (χ1v) is 8.19. The fourth-order valence-electron chi connectivity index (χ4n) is 2.37. The van der Waals surface area contributed by atoms with Crippen LogP contribution in [0.2, 0.25) is 0 Å². The summed E-state index contributed by atoms with van der Waals surface area (Å²) in [4.78, 5) is 11.8. The minimum absolute atomic E-state index is 0.0639. The van der Waals surface area contributed by atoms with Crippen molar-refractivity contribution >= 4 is 17.8 Å². The average molecular weight is 296 g/mol. The third-order valence-electron chi connectivity index (χ3n) is 3.59. The van der Waals surface area contributed by atoms with E-state index in [-0.39, 0.29) is 10.8 Å². The summed E-state index contributed by atoms with van der Waals surface area (Å²) >= 11 is 1.96. The molecule has 2 amide bonds. The summed E-state index contributed by atoms with van der Waals surface area (Å²) in [6, 6.07) is 1.85. The number of hydrogen-bond acceptors (Lipinski definition) is 3. The second-order valence-electron chi connectivity index (χ2n) is 5.80. The van der Waals surface area contributed by atoms with Gasteiger partial charge in [0.15, 0.2) is 0 Å². The summed E-state index contributed by atoms with van der Waals surface area (Å²) < 4.78 is 2.11. The first kappa shape index (κ1) is 15.2. The summed E-state index contributed by atoms with van der Waals surface area (Å²) in [5.41, 5.74) is 0. The number of aromatic nitrogens is 2. The highest BCUT2D eigenvalue weighted by Gasteiger charge is 2.29. The van der Waals surface area contributed by atoms with Crippen LogP contribution in [0.3, 0.4) is 0 Å². The molecule has 0 spiro atoms. The quantitative estimate of drug-likeness (QED) is 0.845. The molecule has 1 aliphatic rings. The zero-order valence-electron chi connectivity index (χ0n) is 12.3. The zero-order valence-corrected chi connectivity index (χ0v) is 13.1. The van der Waals surface area contributed by atoms with Crippen molar-refractivity contribution in [3.8, 4) is 0 Å². The van der Waals surface area contributed by atoms with E-state index in [0.29, 0.717) is 12.5 Å². The van der Waals surface area contributed by atoms with Crippen molar-refractivity contribution < 1.29 is 4.79 Å². The molecule has 2 heterocycles. The summed E-state index contributed by atoms with van der Waals surface area (Å²) in [5.74, 6) is 1.57. The Kier molecular flexibility index (Phi) is 5.34. The Morgan fingerprint density at radius 3 is 3.05 bits per heavy atom. The Balaban J connectivity index is 1.62. The number of amides is 2. The molecule has 112 valence electrons. The third-order valence-corrected chi connectivity index (χ3v) is 5.13. The first-order valence-electron chi connectivity index (χ1n) is 7.20. The number of nitrogens with zero attached hydrogens (tertiary/aromatic N) is 2. The number of hydrogen-bond donors (Lipinski definition) is 2. The number of rotatable bonds is 6. The number of urea groups is 1. The molecule has 6 heteroatoms. The van der Waals surface area contributed by atoms with Crippen LogP contribution in [0, 0.1) is 5.92 Å². The van der Waals surface area contributed by atoms with E-state index in [1.165, 1.54) is 18.6 Å². The molecule has 1 aromatic rings. The highest BCUT2D eigenvalue weighted by molar-refractivity contribution is 8.00. The summed E-state index contributed by atoms with van der Waals surface area (Å²) in [6.45, 7) is 6.56. The zero-order chi connectivity index (χ0) is 14.4. The molecule has 1 aromatic heterocycles. The van der Waals surface area contributed by atoms with Crippen molar-refractivity contribution in [2.45, 2.75) is 38.0 Å². The van der Waals surface area contributed by atoms with Crippen LogP contribution in [0.15, 0.2) is 18.5 Å². The fraction of sp³-hybridized carbons (Fsp3) is 0.714. The van der Waals surface area contributed by atoms with Gasteiger partial charge in [-0.15, -0.1) is 0 Å². The standard InChI is InChI=1S/C14H24N4OS/c1-12(10-18-7-4-6-17-18)9-15-13(19)16-11-14(2)5-3-8-20-14/h4,6-7,12H,3,5,8-11H2,1-2H3,(H2,15,16,19)/t12-,14-/m1/s1. The van der Waals surface area contributed by atoms with Gasteiger partial charge in [0.1, 0.15) is 0 Å². The molecule has 1 saturated heterocycles. The van der Waals surface area contributed by atoms with Gasteiger partial charge < -0.3 is 10.6 Å². The molecule has 1 fully saturated rings. The van der Waals surface area contributed by atoms with Gasteiger partial charge in [-0.1, -0.05) is 6.92 Å². The molecule has 0 radical (unpaired) electrons. The van der Waals surface area contributed by atoms with Crippen LogP contribution in [-0.2, 0) is 6.54 Å². The van der Waals surface area contributed by atoms with Gasteiger partial charge in [-0.2, -0.15) is 16.9 Å². The molecule has 20 heavy (non-hydrogen) atoms. The van der Waals surface area contributed by atoms with Crippen LogP contribution in [0.4, 0.5) is 4.79 Å².